The molecule has 0 bridgehead atoms. The van der Waals surface area contributed by atoms with Crippen LogP contribution >= 0.6 is 0 Å². The van der Waals surface area contributed by atoms with E-state index in [2.05, 4.69) is 10.4 Å². The summed E-state index contributed by atoms with van der Waals surface area (Å²) in [6, 6.07) is 0. The van der Waals surface area contributed by atoms with Gasteiger partial charge >= 0.3 is 6.18 Å². The molecule has 5 nitrogen and oxygen atoms in total. The van der Waals surface area contributed by atoms with Crippen LogP contribution in [0.15, 0.2) is 6.20 Å². The van der Waals surface area contributed by atoms with Crippen molar-refractivity contribution in [3.05, 3.63) is 11.8 Å². The van der Waals surface area contributed by atoms with E-state index in [1.54, 1.807) is 0 Å². The Bertz CT molecular complexity index is 399. The molecule has 0 aromatic carbocycles. The van der Waals surface area contributed by atoms with Crippen molar-refractivity contribution in [3.63, 3.8) is 0 Å². The fourth-order valence-corrected chi connectivity index (χ4v) is 1.21. The number of aromatic nitrogens is 2. The Hall–Kier alpha value is -1.73. The smallest absolute Gasteiger partial charge is 0.382 e. The Balaban J connectivity index is 2.78. The van der Waals surface area contributed by atoms with Crippen molar-refractivity contribution in [1.82, 2.24) is 15.1 Å². The number of anilines is 1. The first kappa shape index (κ1) is 13.3. The van der Waals surface area contributed by atoms with E-state index >= 15 is 0 Å². The van der Waals surface area contributed by atoms with E-state index in [4.69, 9.17) is 5.73 Å². The number of alkyl halides is 3. The zero-order valence-corrected chi connectivity index (χ0v) is 9.21. The second-order valence-electron chi connectivity index (χ2n) is 3.50. The molecule has 3 N–H and O–H groups in total. The Labute approximate surface area is 95.8 Å². The molecule has 17 heavy (non-hydrogen) atoms. The van der Waals surface area contributed by atoms with Crippen LogP contribution in [0.4, 0.5) is 19.0 Å². The number of nitrogens with two attached hydrogens (primary N) is 1. The van der Waals surface area contributed by atoms with Crippen molar-refractivity contribution in [2.24, 2.45) is 0 Å². The molecule has 1 aromatic heterocycles. The largest absolute Gasteiger partial charge is 0.408 e. The van der Waals surface area contributed by atoms with Crippen LogP contribution < -0.4 is 11.1 Å². The summed E-state index contributed by atoms with van der Waals surface area (Å²) in [6.07, 6.45) is -2.67. The summed E-state index contributed by atoms with van der Waals surface area (Å²) >= 11 is 0. The van der Waals surface area contributed by atoms with Crippen LogP contribution in [0.3, 0.4) is 0 Å². The van der Waals surface area contributed by atoms with E-state index in [1.807, 2.05) is 6.92 Å². The molecule has 0 spiro atoms. The van der Waals surface area contributed by atoms with Crippen molar-refractivity contribution in [2.45, 2.75) is 26.1 Å². The molecule has 8 heteroatoms. The number of carbonyl (C=O) groups excluding carboxylic acids is 1. The molecule has 0 unspecified atom stereocenters. The number of amides is 1. The summed E-state index contributed by atoms with van der Waals surface area (Å²) in [4.78, 5) is 11.5. The summed E-state index contributed by atoms with van der Waals surface area (Å²) in [5.41, 5.74) is 5.33. The molecule has 1 heterocycles. The summed E-state index contributed by atoms with van der Waals surface area (Å²) < 4.78 is 36.9. The van der Waals surface area contributed by atoms with Gasteiger partial charge in [0, 0.05) is 12.7 Å². The van der Waals surface area contributed by atoms with Crippen molar-refractivity contribution >= 4 is 11.7 Å². The van der Waals surface area contributed by atoms with E-state index in [9.17, 15) is 18.0 Å². The summed E-state index contributed by atoms with van der Waals surface area (Å²) in [5.74, 6) is -0.722. The van der Waals surface area contributed by atoms with E-state index in [0.717, 1.165) is 12.6 Å². The van der Waals surface area contributed by atoms with Crippen molar-refractivity contribution in [3.8, 4) is 0 Å². The van der Waals surface area contributed by atoms with E-state index < -0.39 is 18.6 Å². The third-order valence-corrected chi connectivity index (χ3v) is 1.91. The average molecular weight is 250 g/mol. The van der Waals surface area contributed by atoms with Crippen LogP contribution in [0.25, 0.3) is 0 Å². The lowest BCUT2D eigenvalue weighted by Crippen LogP contribution is -2.24. The first-order chi connectivity index (χ1) is 7.83. The molecule has 0 radical (unpaired) electrons. The van der Waals surface area contributed by atoms with Gasteiger partial charge in [0.25, 0.3) is 5.91 Å². The minimum Gasteiger partial charge on any atom is -0.382 e. The van der Waals surface area contributed by atoms with Crippen LogP contribution in [-0.2, 0) is 6.54 Å². The van der Waals surface area contributed by atoms with E-state index in [1.165, 1.54) is 0 Å². The minimum atomic E-state index is -4.39. The van der Waals surface area contributed by atoms with Crippen molar-refractivity contribution in [1.29, 1.82) is 0 Å². The normalized spacial score (nSPS) is 11.5. The number of carbonyl (C=O) groups is 1. The Morgan fingerprint density at radius 1 is 1.59 bits per heavy atom. The fourth-order valence-electron chi connectivity index (χ4n) is 1.21. The zero-order valence-electron chi connectivity index (χ0n) is 9.21. The van der Waals surface area contributed by atoms with Gasteiger partial charge in [0.1, 0.15) is 12.1 Å². The standard InChI is InChI=1S/C9H13F3N4O/c1-2-3-14-8(17)6-4-16(15-7(6)13)5-9(10,11)12/h4H,2-3,5H2,1H3,(H2,13,15)(H,14,17). The van der Waals surface area contributed by atoms with Crippen molar-refractivity contribution in [2.75, 3.05) is 12.3 Å². The predicted molar refractivity (Wildman–Crippen MR) is 55.3 cm³/mol. The van der Waals surface area contributed by atoms with Crippen LogP contribution in [-0.4, -0.2) is 28.4 Å². The number of nitrogen functional groups attached to an aromatic ring is 1. The predicted octanol–water partition coefficient (Wildman–Crippen LogP) is 1.17. The number of rotatable bonds is 4. The van der Waals surface area contributed by atoms with Crippen LogP contribution in [0, 0.1) is 0 Å². The monoisotopic (exact) mass is 250 g/mol. The van der Waals surface area contributed by atoms with E-state index in [-0.39, 0.29) is 11.4 Å². The molecule has 0 aliphatic carbocycles. The second kappa shape index (κ2) is 5.07. The van der Waals surface area contributed by atoms with Gasteiger partial charge in [0.2, 0.25) is 0 Å². The van der Waals surface area contributed by atoms with Gasteiger partial charge < -0.3 is 11.1 Å². The Kier molecular flexibility index (Phi) is 3.97. The molecule has 0 aliphatic heterocycles. The van der Waals surface area contributed by atoms with Gasteiger partial charge in [-0.1, -0.05) is 6.92 Å². The first-order valence-corrected chi connectivity index (χ1v) is 5.01. The zero-order chi connectivity index (χ0) is 13.1. The molecule has 0 fully saturated rings. The van der Waals surface area contributed by atoms with Gasteiger partial charge in [-0.25, -0.2) is 0 Å². The SMILES string of the molecule is CCCNC(=O)c1cn(CC(F)(F)F)nc1N. The van der Waals surface area contributed by atoms with Gasteiger partial charge in [-0.15, -0.1) is 0 Å². The van der Waals surface area contributed by atoms with Crippen molar-refractivity contribution < 1.29 is 18.0 Å². The summed E-state index contributed by atoms with van der Waals surface area (Å²) in [5, 5.41) is 5.95. The van der Waals surface area contributed by atoms with Gasteiger partial charge in [-0.2, -0.15) is 18.3 Å². The maximum Gasteiger partial charge on any atom is 0.408 e. The summed E-state index contributed by atoms with van der Waals surface area (Å²) in [6.45, 7) is 1.03. The lowest BCUT2D eigenvalue weighted by molar-refractivity contribution is -0.142. The van der Waals surface area contributed by atoms with Crippen LogP contribution in [0.5, 0.6) is 0 Å². The number of hydrogen-bond donors (Lipinski definition) is 2. The Morgan fingerprint density at radius 3 is 2.76 bits per heavy atom. The van der Waals surface area contributed by atoms with Gasteiger partial charge in [-0.3, -0.25) is 9.48 Å². The van der Waals surface area contributed by atoms with Crippen LogP contribution in [0.2, 0.25) is 0 Å². The molecular weight excluding hydrogens is 237 g/mol. The molecule has 0 aliphatic rings. The lowest BCUT2D eigenvalue weighted by Gasteiger charge is -2.04. The minimum absolute atomic E-state index is 0.0392. The van der Waals surface area contributed by atoms with Gasteiger partial charge in [0.15, 0.2) is 5.82 Å². The van der Waals surface area contributed by atoms with E-state index in [0.29, 0.717) is 11.2 Å². The number of nitrogens with one attached hydrogen (secondary N) is 1. The highest BCUT2D eigenvalue weighted by Crippen LogP contribution is 2.18. The maximum atomic E-state index is 12.1. The molecule has 1 amide bonds. The maximum absolute atomic E-state index is 12.1. The molecule has 96 valence electrons. The number of halogens is 3. The first-order valence-electron chi connectivity index (χ1n) is 5.01. The highest BCUT2D eigenvalue weighted by Gasteiger charge is 2.29. The van der Waals surface area contributed by atoms with Crippen LogP contribution in [0.1, 0.15) is 23.7 Å². The quantitative estimate of drug-likeness (QED) is 0.842. The third-order valence-electron chi connectivity index (χ3n) is 1.91. The molecule has 1 rings (SSSR count). The molecule has 1 aromatic rings. The molecule has 0 atom stereocenters. The van der Waals surface area contributed by atoms with Gasteiger partial charge in [0.05, 0.1) is 0 Å². The fraction of sp³-hybridized carbons (Fsp3) is 0.556. The second-order valence-corrected chi connectivity index (χ2v) is 3.50. The number of nitrogens with zero attached hydrogens (tertiary/aromatic N) is 2. The topological polar surface area (TPSA) is 72.9 Å². The lowest BCUT2D eigenvalue weighted by atomic mass is 10.3. The molecule has 0 saturated heterocycles. The molecular formula is C9H13F3N4O. The highest BCUT2D eigenvalue weighted by molar-refractivity contribution is 5.98. The third kappa shape index (κ3) is 3.97. The molecule has 0 saturated carbocycles. The summed E-state index contributed by atoms with van der Waals surface area (Å²) in [7, 11) is 0. The average Bonchev–Trinajstić information content (AvgIpc) is 2.53. The highest BCUT2D eigenvalue weighted by atomic mass is 19.4. The van der Waals surface area contributed by atoms with Gasteiger partial charge in [-0.05, 0) is 6.42 Å². The number of hydrogen-bond acceptors (Lipinski definition) is 3. The Morgan fingerprint density at radius 2 is 2.24 bits per heavy atom.